The Balaban J connectivity index is 1.72. The number of nitrogens with zero attached hydrogens (tertiary/aromatic N) is 1. The quantitative estimate of drug-likeness (QED) is 0.608. The van der Waals surface area contributed by atoms with Crippen LogP contribution in [0.25, 0.3) is 0 Å². The summed E-state index contributed by atoms with van der Waals surface area (Å²) in [5.41, 5.74) is 3.29. The first-order valence-electron chi connectivity index (χ1n) is 8.53. The first kappa shape index (κ1) is 19.5. The molecule has 144 valence electrons. The molecule has 2 aromatic carbocycles. The molecular weight excluding hydrogens is 378 g/mol. The molecule has 1 aromatic heterocycles. The zero-order valence-corrected chi connectivity index (χ0v) is 16.5. The van der Waals surface area contributed by atoms with E-state index in [0.717, 1.165) is 11.3 Å². The number of ether oxygens (including phenoxy) is 2. The highest BCUT2D eigenvalue weighted by Gasteiger charge is 2.10. The van der Waals surface area contributed by atoms with E-state index in [1.807, 2.05) is 31.2 Å². The number of rotatable bonds is 6. The Morgan fingerprint density at radius 2 is 1.79 bits per heavy atom. The number of carbonyl (C=O) groups is 1. The number of hydrogen-bond donors (Lipinski definition) is 2. The average molecular weight is 398 g/mol. The molecule has 0 unspecified atom stereocenters. The fraction of sp³-hybridized carbons (Fsp3) is 0.143. The molecule has 0 saturated carbocycles. The summed E-state index contributed by atoms with van der Waals surface area (Å²) in [6, 6.07) is 14.2. The lowest BCUT2D eigenvalue weighted by molar-refractivity contribution is 0.102. The third kappa shape index (κ3) is 4.53. The topological polar surface area (TPSA) is 72.5 Å². The number of amides is 1. The van der Waals surface area contributed by atoms with Crippen molar-refractivity contribution in [1.29, 1.82) is 0 Å². The molecule has 0 spiro atoms. The molecule has 3 rings (SSSR count). The van der Waals surface area contributed by atoms with Gasteiger partial charge in [-0.2, -0.15) is 0 Å². The third-order valence-corrected chi connectivity index (χ3v) is 4.52. The van der Waals surface area contributed by atoms with Crippen molar-refractivity contribution in [2.45, 2.75) is 6.92 Å². The van der Waals surface area contributed by atoms with E-state index in [1.54, 1.807) is 44.7 Å². The third-order valence-electron chi connectivity index (χ3n) is 4.11. The second-order valence-electron chi connectivity index (χ2n) is 6.04. The number of pyridine rings is 1. The van der Waals surface area contributed by atoms with Crippen LogP contribution in [0.2, 0.25) is 5.02 Å². The molecule has 0 aliphatic rings. The van der Waals surface area contributed by atoms with E-state index in [1.165, 1.54) is 0 Å². The van der Waals surface area contributed by atoms with E-state index in [0.29, 0.717) is 33.6 Å². The SMILES string of the molecule is COc1ccc(OC)c(Nc2ccc(C(=O)Nc3ccc(C)c(Cl)c3)nc2)c1. The van der Waals surface area contributed by atoms with Crippen molar-refractivity contribution in [3.63, 3.8) is 0 Å². The molecule has 0 bridgehead atoms. The number of carbonyl (C=O) groups excluding carboxylic acids is 1. The highest BCUT2D eigenvalue weighted by atomic mass is 35.5. The van der Waals surface area contributed by atoms with Gasteiger partial charge >= 0.3 is 0 Å². The van der Waals surface area contributed by atoms with E-state index in [4.69, 9.17) is 21.1 Å². The molecule has 1 heterocycles. The fourth-order valence-electron chi connectivity index (χ4n) is 2.54. The number of methoxy groups -OCH3 is 2. The van der Waals surface area contributed by atoms with Crippen LogP contribution in [0.1, 0.15) is 16.1 Å². The van der Waals surface area contributed by atoms with Crippen molar-refractivity contribution in [3.8, 4) is 11.5 Å². The maximum absolute atomic E-state index is 12.4. The Bertz CT molecular complexity index is 991. The van der Waals surface area contributed by atoms with Crippen LogP contribution in [0, 0.1) is 6.92 Å². The number of hydrogen-bond acceptors (Lipinski definition) is 5. The van der Waals surface area contributed by atoms with Crippen molar-refractivity contribution in [2.24, 2.45) is 0 Å². The minimum atomic E-state index is -0.314. The zero-order chi connectivity index (χ0) is 20.1. The van der Waals surface area contributed by atoms with Crippen molar-refractivity contribution in [1.82, 2.24) is 4.98 Å². The lowest BCUT2D eigenvalue weighted by Crippen LogP contribution is -2.13. The van der Waals surface area contributed by atoms with Crippen LogP contribution in [-0.2, 0) is 0 Å². The summed E-state index contributed by atoms with van der Waals surface area (Å²) in [4.78, 5) is 16.6. The first-order chi connectivity index (χ1) is 13.5. The Morgan fingerprint density at radius 3 is 2.43 bits per heavy atom. The Labute approximate surface area is 168 Å². The van der Waals surface area contributed by atoms with Crippen molar-refractivity contribution < 1.29 is 14.3 Å². The van der Waals surface area contributed by atoms with Crippen LogP contribution in [0.15, 0.2) is 54.7 Å². The number of nitrogens with one attached hydrogen (secondary N) is 2. The molecule has 1 amide bonds. The maximum atomic E-state index is 12.4. The summed E-state index contributed by atoms with van der Waals surface area (Å²) in [5, 5.41) is 6.59. The summed E-state index contributed by atoms with van der Waals surface area (Å²) in [6.07, 6.45) is 1.58. The molecule has 7 heteroatoms. The number of halogens is 1. The summed E-state index contributed by atoms with van der Waals surface area (Å²) >= 11 is 6.09. The van der Waals surface area contributed by atoms with E-state index in [9.17, 15) is 4.79 Å². The summed E-state index contributed by atoms with van der Waals surface area (Å²) in [7, 11) is 3.19. The molecule has 0 aliphatic heterocycles. The minimum absolute atomic E-state index is 0.292. The standard InChI is InChI=1S/C21H20ClN3O3/c1-13-4-5-14(10-17(13)22)25-21(26)18-8-6-15(12-23-18)24-19-11-16(27-2)7-9-20(19)28-3/h4-12,24H,1-3H3,(H,25,26). The van der Waals surface area contributed by atoms with Crippen LogP contribution in [0.4, 0.5) is 17.1 Å². The molecule has 0 aliphatic carbocycles. The molecular formula is C21H20ClN3O3. The molecule has 0 saturated heterocycles. The summed E-state index contributed by atoms with van der Waals surface area (Å²) in [6.45, 7) is 1.90. The van der Waals surface area contributed by atoms with Crippen LogP contribution in [-0.4, -0.2) is 25.1 Å². The Kier molecular flexibility index (Phi) is 6.01. The molecule has 3 aromatic rings. The molecule has 0 atom stereocenters. The van der Waals surface area contributed by atoms with Gasteiger partial charge in [0.1, 0.15) is 17.2 Å². The van der Waals surface area contributed by atoms with E-state index >= 15 is 0 Å². The maximum Gasteiger partial charge on any atom is 0.274 e. The van der Waals surface area contributed by atoms with Gasteiger partial charge < -0.3 is 20.1 Å². The van der Waals surface area contributed by atoms with Gasteiger partial charge in [0, 0.05) is 16.8 Å². The highest BCUT2D eigenvalue weighted by Crippen LogP contribution is 2.31. The first-order valence-corrected chi connectivity index (χ1v) is 8.90. The van der Waals surface area contributed by atoms with Gasteiger partial charge in [-0.3, -0.25) is 4.79 Å². The van der Waals surface area contributed by atoms with Crippen LogP contribution in [0.3, 0.4) is 0 Å². The molecule has 28 heavy (non-hydrogen) atoms. The predicted octanol–water partition coefficient (Wildman–Crippen LogP) is 5.06. The van der Waals surface area contributed by atoms with E-state index in [-0.39, 0.29) is 5.91 Å². The van der Waals surface area contributed by atoms with Gasteiger partial charge in [-0.1, -0.05) is 17.7 Å². The van der Waals surface area contributed by atoms with Crippen molar-refractivity contribution in [2.75, 3.05) is 24.9 Å². The number of anilines is 3. The van der Waals surface area contributed by atoms with Crippen LogP contribution < -0.4 is 20.1 Å². The van der Waals surface area contributed by atoms with Gasteiger partial charge in [0.15, 0.2) is 0 Å². The van der Waals surface area contributed by atoms with Gasteiger partial charge in [0.05, 0.1) is 31.8 Å². The van der Waals surface area contributed by atoms with Gasteiger partial charge in [0.2, 0.25) is 0 Å². The lowest BCUT2D eigenvalue weighted by atomic mass is 10.2. The van der Waals surface area contributed by atoms with Crippen molar-refractivity contribution in [3.05, 3.63) is 71.0 Å². The largest absolute Gasteiger partial charge is 0.497 e. The van der Waals surface area contributed by atoms with Gasteiger partial charge in [0.25, 0.3) is 5.91 Å². The second-order valence-corrected chi connectivity index (χ2v) is 6.45. The predicted molar refractivity (Wildman–Crippen MR) is 111 cm³/mol. The number of aryl methyl sites for hydroxylation is 1. The second kappa shape index (κ2) is 8.63. The van der Waals surface area contributed by atoms with E-state index in [2.05, 4.69) is 15.6 Å². The van der Waals surface area contributed by atoms with Crippen LogP contribution >= 0.6 is 11.6 Å². The Morgan fingerprint density at radius 1 is 1.00 bits per heavy atom. The molecule has 0 fully saturated rings. The zero-order valence-electron chi connectivity index (χ0n) is 15.7. The van der Waals surface area contributed by atoms with Gasteiger partial charge in [-0.15, -0.1) is 0 Å². The minimum Gasteiger partial charge on any atom is -0.497 e. The molecule has 2 N–H and O–H groups in total. The fourth-order valence-corrected chi connectivity index (χ4v) is 2.72. The smallest absolute Gasteiger partial charge is 0.274 e. The van der Waals surface area contributed by atoms with Crippen LogP contribution in [0.5, 0.6) is 11.5 Å². The molecule has 0 radical (unpaired) electrons. The summed E-state index contributed by atoms with van der Waals surface area (Å²) < 4.78 is 10.6. The van der Waals surface area contributed by atoms with E-state index < -0.39 is 0 Å². The number of benzene rings is 2. The molecule has 6 nitrogen and oxygen atoms in total. The monoisotopic (exact) mass is 397 g/mol. The van der Waals surface area contributed by atoms with Gasteiger partial charge in [-0.05, 0) is 48.9 Å². The highest BCUT2D eigenvalue weighted by molar-refractivity contribution is 6.31. The Hall–Kier alpha value is -3.25. The normalized spacial score (nSPS) is 10.3. The average Bonchev–Trinajstić information content (AvgIpc) is 2.71. The summed E-state index contributed by atoms with van der Waals surface area (Å²) in [5.74, 6) is 1.05. The van der Waals surface area contributed by atoms with Gasteiger partial charge in [-0.25, -0.2) is 4.98 Å². The number of aromatic nitrogens is 1. The lowest BCUT2D eigenvalue weighted by Gasteiger charge is -2.13. The van der Waals surface area contributed by atoms with Crippen molar-refractivity contribution >= 4 is 34.6 Å².